The van der Waals surface area contributed by atoms with E-state index in [-0.39, 0.29) is 178 Å². The number of amidine groups is 1. The van der Waals surface area contributed by atoms with Gasteiger partial charge in [-0.05, 0) is 63.6 Å². The molecule has 26 nitrogen and oxygen atoms in total. The van der Waals surface area contributed by atoms with Crippen molar-refractivity contribution in [2.45, 2.75) is 172 Å². The predicted molar refractivity (Wildman–Crippen MR) is 336 cm³/mol. The predicted octanol–water partition coefficient (Wildman–Crippen LogP) is 4.65. The lowest BCUT2D eigenvalue weighted by atomic mass is 10.00. The summed E-state index contributed by atoms with van der Waals surface area (Å²) in [6, 6.07) is 8.34. The van der Waals surface area contributed by atoms with Crippen molar-refractivity contribution in [1.82, 2.24) is 36.8 Å². The molecule has 1 aromatic carbocycles. The highest BCUT2D eigenvalue weighted by atomic mass is 32.1. The zero-order valence-electron chi connectivity index (χ0n) is 52.5. The molecule has 27 heteroatoms. The summed E-state index contributed by atoms with van der Waals surface area (Å²) in [5, 5.41) is 44.1. The fourth-order valence-electron chi connectivity index (χ4n) is 10.3. The van der Waals surface area contributed by atoms with Crippen LogP contribution in [0.25, 0.3) is 0 Å². The molecular weight excluding hydrogens is 1190 g/mol. The maximum atomic E-state index is 13.8. The number of nitrogen functional groups attached to an aromatic ring is 1. The molecule has 2 aromatic rings. The second-order valence-corrected chi connectivity index (χ2v) is 23.7. The number of hydrogen-bond donors (Lipinski definition) is 10. The zero-order chi connectivity index (χ0) is 65.2. The molecule has 0 radical (unpaired) electrons. The second-order valence-electron chi connectivity index (χ2n) is 22.8. The van der Waals surface area contributed by atoms with E-state index in [1.165, 1.54) is 43.4 Å². The minimum Gasteiger partial charge on any atom is -0.494 e. The molecule has 2 fully saturated rings. The van der Waals surface area contributed by atoms with Gasteiger partial charge in [0, 0.05) is 72.6 Å². The molecule has 4 rings (SSSR count). The molecule has 1 saturated heterocycles. The highest BCUT2D eigenvalue weighted by molar-refractivity contribution is 7.10. The molecule has 7 amide bonds. The smallest absolute Gasteiger partial charge is 0.326 e. The number of ether oxygens (including phenoxy) is 6. The summed E-state index contributed by atoms with van der Waals surface area (Å²) in [4.78, 5) is 114. The van der Waals surface area contributed by atoms with Crippen LogP contribution in [0.3, 0.4) is 0 Å². The number of piperidine rings is 1. The number of carbonyl (C=O) groups excluding carboxylic acids is 7. The molecule has 1 aromatic heterocycles. The summed E-state index contributed by atoms with van der Waals surface area (Å²) in [5.74, 6) is -3.76. The quantitative estimate of drug-likeness (QED) is 0.0245. The largest absolute Gasteiger partial charge is 0.494 e. The van der Waals surface area contributed by atoms with Gasteiger partial charge in [-0.15, -0.1) is 11.3 Å². The third-order valence-corrected chi connectivity index (χ3v) is 16.5. The van der Waals surface area contributed by atoms with E-state index in [0.29, 0.717) is 43.6 Å². The first-order valence-corrected chi connectivity index (χ1v) is 32.8. The maximum Gasteiger partial charge on any atom is 0.326 e. The van der Waals surface area contributed by atoms with Gasteiger partial charge in [-0.25, -0.2) is 4.79 Å². The van der Waals surface area contributed by atoms with E-state index in [1.807, 2.05) is 37.3 Å². The Bertz CT molecular complexity index is 2510. The molecule has 11 N–H and O–H groups in total. The molecular formula is C63H99N9O17S. The van der Waals surface area contributed by atoms with Crippen molar-refractivity contribution >= 4 is 70.5 Å². The lowest BCUT2D eigenvalue weighted by Gasteiger charge is -2.28. The van der Waals surface area contributed by atoms with Crippen LogP contribution >= 0.6 is 11.3 Å². The number of nitrogens with two attached hydrogens (primary N) is 1. The molecule has 0 spiro atoms. The lowest BCUT2D eigenvalue weighted by molar-refractivity contribution is -0.142. The lowest BCUT2D eigenvalue weighted by Crippen LogP contribution is -2.51. The summed E-state index contributed by atoms with van der Waals surface area (Å²) in [6.07, 6.45) is 16.8. The van der Waals surface area contributed by atoms with Crippen LogP contribution < -0.4 is 42.4 Å². The Labute approximate surface area is 532 Å². The number of carboxylic acids is 2. The van der Waals surface area contributed by atoms with E-state index in [1.54, 1.807) is 16.3 Å². The van der Waals surface area contributed by atoms with Crippen LogP contribution in [0.1, 0.15) is 165 Å². The third-order valence-electron chi connectivity index (χ3n) is 15.4. The maximum absolute atomic E-state index is 13.8. The first-order valence-electron chi connectivity index (χ1n) is 31.9. The van der Waals surface area contributed by atoms with Crippen LogP contribution in [0.15, 0.2) is 41.8 Å². The number of nitrogens with zero attached hydrogens (tertiary/aromatic N) is 1. The molecule has 1 saturated carbocycles. The standard InChI is InChI=1S/C63H99N9O17S/c1-46(51-38-47(44-90-51)60(64)65)70-61(81)50-39-63(40-52(63)72(50)58(78)41-69-53(73)23-19-30-89-48-20-15-14-16-21-48)45-88-33-29-68-57(77)43-87-37-35-85-32-28-67-56(76)42-86-36-34-84-31-27-66-54(74)26-25-49(62(82)83)71-55(75)22-17-12-10-8-6-4-2-3-5-7-9-11-13-18-24-59(79)80/h14-16,20-21,38,44,46,49-50,52H,2-13,17-19,22-37,39-43,45H2,1H3,(H3,64,65)(H,66,74)(H,67,76)(H,68,77)(H,69,73)(H,70,81)(H,71,75)(H,79,80)(H,82,83)/t46-,49+,50?,52?,63-/m1/s1. The number of carboxylic acid groups (broad SMARTS) is 2. The van der Waals surface area contributed by atoms with Gasteiger partial charge in [-0.1, -0.05) is 95.2 Å². The minimum atomic E-state index is -1.20. The van der Waals surface area contributed by atoms with E-state index >= 15 is 0 Å². The highest BCUT2D eigenvalue weighted by Gasteiger charge is 2.67. The number of rotatable bonds is 54. The van der Waals surface area contributed by atoms with E-state index in [9.17, 15) is 48.3 Å². The molecule has 2 unspecified atom stereocenters. The van der Waals surface area contributed by atoms with Crippen LogP contribution in [0.5, 0.6) is 5.75 Å². The average molecular weight is 1290 g/mol. The summed E-state index contributed by atoms with van der Waals surface area (Å²) in [5.41, 5.74) is 5.73. The molecule has 5 atom stereocenters. The number of fused-ring (bicyclic) bond motifs is 1. The van der Waals surface area contributed by atoms with Gasteiger partial charge in [0.05, 0.1) is 72.0 Å². The monoisotopic (exact) mass is 1290 g/mol. The number of unbranched alkanes of at least 4 members (excludes halogenated alkanes) is 13. The summed E-state index contributed by atoms with van der Waals surface area (Å²) in [7, 11) is 0. The fourth-order valence-corrected chi connectivity index (χ4v) is 11.2. The zero-order valence-corrected chi connectivity index (χ0v) is 53.3. The topological polar surface area (TPSA) is 375 Å². The number of amides is 7. The van der Waals surface area contributed by atoms with Gasteiger partial charge in [0.25, 0.3) is 0 Å². The SMILES string of the molecule is C[C@@H](NC(=O)C1C[C@]2(COCCNC(=O)COCCOCCNC(=O)COCCOCCNC(=O)CC[C@H](NC(=O)CCCCCCCCCCCCCCCCC(=O)O)C(=O)O)CC2N1C(=O)CNC(=O)CCCOc1ccccc1)c1cc(C(=N)N)cs1. The van der Waals surface area contributed by atoms with Crippen LogP contribution in [0.2, 0.25) is 0 Å². The minimum absolute atomic E-state index is 0.0480. The molecule has 2 aliphatic rings. The van der Waals surface area contributed by atoms with Gasteiger partial charge in [-0.2, -0.15) is 0 Å². The Hall–Kier alpha value is -6.78. The summed E-state index contributed by atoms with van der Waals surface area (Å²) in [6.45, 7) is 3.49. The number of nitrogens with one attached hydrogen (secondary N) is 7. The van der Waals surface area contributed by atoms with Crippen LogP contribution in [-0.4, -0.2) is 191 Å². The summed E-state index contributed by atoms with van der Waals surface area (Å²) < 4.78 is 33.3. The molecule has 1 aliphatic heterocycles. The van der Waals surface area contributed by atoms with E-state index < -0.39 is 35.5 Å². The van der Waals surface area contributed by atoms with Crippen molar-refractivity contribution in [3.63, 3.8) is 0 Å². The van der Waals surface area contributed by atoms with Crippen molar-refractivity contribution in [3.8, 4) is 5.75 Å². The summed E-state index contributed by atoms with van der Waals surface area (Å²) >= 11 is 1.37. The fraction of sp³-hybridized carbons (Fsp3) is 0.683. The number of likely N-dealkylation sites (tertiary alicyclic amines) is 1. The Balaban J connectivity index is 0.943. The molecule has 504 valence electrons. The first kappa shape index (κ1) is 75.7. The van der Waals surface area contributed by atoms with Crippen LogP contribution in [0, 0.1) is 10.8 Å². The first-order chi connectivity index (χ1) is 43.5. The Morgan fingerprint density at radius 1 is 0.611 bits per heavy atom. The number of benzene rings is 1. The number of hydrogen-bond acceptors (Lipinski definition) is 17. The van der Waals surface area contributed by atoms with Gasteiger partial charge in [-0.3, -0.25) is 43.8 Å². The van der Waals surface area contributed by atoms with E-state index in [4.69, 9.17) is 44.7 Å². The van der Waals surface area contributed by atoms with Gasteiger partial charge in [0.15, 0.2) is 0 Å². The molecule has 1 aliphatic carbocycles. The Kier molecular flexibility index (Phi) is 37.5. The Morgan fingerprint density at radius 3 is 1.69 bits per heavy atom. The van der Waals surface area contributed by atoms with Crippen LogP contribution in [-0.2, 0) is 66.8 Å². The van der Waals surface area contributed by atoms with Crippen molar-refractivity contribution in [1.29, 1.82) is 5.41 Å². The van der Waals surface area contributed by atoms with Gasteiger partial charge < -0.3 is 81.2 Å². The van der Waals surface area contributed by atoms with E-state index in [0.717, 1.165) is 56.2 Å². The Morgan fingerprint density at radius 2 is 1.13 bits per heavy atom. The molecule has 0 bridgehead atoms. The van der Waals surface area contributed by atoms with Crippen molar-refractivity contribution in [3.05, 3.63) is 52.2 Å². The van der Waals surface area contributed by atoms with Crippen LogP contribution in [0.4, 0.5) is 0 Å². The highest BCUT2D eigenvalue weighted by Crippen LogP contribution is 2.59. The van der Waals surface area contributed by atoms with Gasteiger partial charge >= 0.3 is 11.9 Å². The van der Waals surface area contributed by atoms with Crippen molar-refractivity contribution < 1.29 is 81.8 Å². The molecule has 90 heavy (non-hydrogen) atoms. The number of thiophene rings is 1. The van der Waals surface area contributed by atoms with Crippen molar-refractivity contribution in [2.24, 2.45) is 11.1 Å². The average Bonchev–Trinajstić information content (AvgIpc) is 1.56. The van der Waals surface area contributed by atoms with E-state index in [2.05, 4.69) is 31.9 Å². The normalized spacial score (nSPS) is 16.3. The number of aliphatic carboxylic acids is 2. The number of para-hydroxylation sites is 1. The van der Waals surface area contributed by atoms with Gasteiger partial charge in [0.1, 0.15) is 36.9 Å². The third kappa shape index (κ3) is 32.3. The second kappa shape index (κ2) is 44.6. The van der Waals surface area contributed by atoms with Gasteiger partial charge in [0.2, 0.25) is 41.4 Å². The number of carbonyl (C=O) groups is 9. The van der Waals surface area contributed by atoms with Crippen molar-refractivity contribution in [2.75, 3.05) is 98.9 Å². The molecule has 2 heterocycles.